The SMILES string of the molecule is CC(C)CN1C(N)=NCC1c1ccsc1. The standard InChI is InChI=1S/C11H17N3S/c1-8(2)6-14-10(5-13-11(14)12)9-3-4-15-7-9/h3-4,7-8,10H,5-6H2,1-2H3,(H2,12,13). The Bertz CT molecular complexity index is 343. The van der Waals surface area contributed by atoms with Gasteiger partial charge in [0.15, 0.2) is 5.96 Å². The van der Waals surface area contributed by atoms with Gasteiger partial charge < -0.3 is 10.6 Å². The Kier molecular flexibility index (Phi) is 2.95. The van der Waals surface area contributed by atoms with Crippen molar-refractivity contribution in [3.05, 3.63) is 22.4 Å². The molecule has 0 bridgehead atoms. The molecular formula is C11H17N3S. The fraction of sp³-hybridized carbons (Fsp3) is 0.545. The van der Waals surface area contributed by atoms with Crippen LogP contribution in [-0.4, -0.2) is 23.9 Å². The molecule has 0 spiro atoms. The molecule has 0 radical (unpaired) electrons. The number of rotatable bonds is 3. The summed E-state index contributed by atoms with van der Waals surface area (Å²) in [5.41, 5.74) is 7.24. The predicted octanol–water partition coefficient (Wildman–Crippen LogP) is 2.08. The molecule has 0 saturated carbocycles. The maximum absolute atomic E-state index is 5.90. The maximum atomic E-state index is 5.90. The molecule has 15 heavy (non-hydrogen) atoms. The summed E-state index contributed by atoms with van der Waals surface area (Å²) in [6.45, 7) is 6.19. The zero-order valence-electron chi connectivity index (χ0n) is 9.18. The third-order valence-electron chi connectivity index (χ3n) is 2.59. The van der Waals surface area contributed by atoms with Crippen molar-refractivity contribution in [1.29, 1.82) is 0 Å². The quantitative estimate of drug-likeness (QED) is 0.852. The molecule has 0 saturated heterocycles. The van der Waals surface area contributed by atoms with Crippen LogP contribution in [0.25, 0.3) is 0 Å². The van der Waals surface area contributed by atoms with Gasteiger partial charge in [-0.05, 0) is 28.3 Å². The second-order valence-corrected chi connectivity index (χ2v) is 5.10. The van der Waals surface area contributed by atoms with Gasteiger partial charge in [0.1, 0.15) is 0 Å². The Morgan fingerprint density at radius 3 is 3.07 bits per heavy atom. The van der Waals surface area contributed by atoms with Crippen LogP contribution >= 0.6 is 11.3 Å². The molecule has 1 aromatic rings. The minimum absolute atomic E-state index is 0.360. The van der Waals surface area contributed by atoms with E-state index in [4.69, 9.17) is 5.73 Å². The van der Waals surface area contributed by atoms with Gasteiger partial charge in [-0.1, -0.05) is 13.8 Å². The number of thiophene rings is 1. The molecule has 3 nitrogen and oxygen atoms in total. The molecule has 82 valence electrons. The van der Waals surface area contributed by atoms with Gasteiger partial charge >= 0.3 is 0 Å². The highest BCUT2D eigenvalue weighted by molar-refractivity contribution is 7.07. The number of hydrogen-bond donors (Lipinski definition) is 1. The van der Waals surface area contributed by atoms with E-state index in [-0.39, 0.29) is 0 Å². The van der Waals surface area contributed by atoms with Crippen molar-refractivity contribution in [2.24, 2.45) is 16.6 Å². The normalized spacial score (nSPS) is 21.1. The van der Waals surface area contributed by atoms with Crippen LogP contribution in [0.3, 0.4) is 0 Å². The lowest BCUT2D eigenvalue weighted by atomic mass is 10.1. The first-order valence-corrected chi connectivity index (χ1v) is 6.21. The van der Waals surface area contributed by atoms with Crippen molar-refractivity contribution in [1.82, 2.24) is 4.90 Å². The molecule has 1 aliphatic heterocycles. The minimum atomic E-state index is 0.360. The van der Waals surface area contributed by atoms with Crippen LogP contribution in [0, 0.1) is 5.92 Å². The Labute approximate surface area is 94.6 Å². The van der Waals surface area contributed by atoms with E-state index in [0.717, 1.165) is 13.1 Å². The first-order chi connectivity index (χ1) is 7.18. The summed E-state index contributed by atoms with van der Waals surface area (Å²) in [4.78, 5) is 6.55. The molecule has 2 heterocycles. The van der Waals surface area contributed by atoms with Gasteiger partial charge in [-0.2, -0.15) is 11.3 Å². The summed E-state index contributed by atoms with van der Waals surface area (Å²) >= 11 is 1.73. The van der Waals surface area contributed by atoms with E-state index < -0.39 is 0 Å². The summed E-state index contributed by atoms with van der Waals surface area (Å²) < 4.78 is 0. The zero-order valence-corrected chi connectivity index (χ0v) is 10.00. The van der Waals surface area contributed by atoms with Crippen molar-refractivity contribution >= 4 is 17.3 Å². The van der Waals surface area contributed by atoms with Crippen LogP contribution < -0.4 is 5.73 Å². The fourth-order valence-corrected chi connectivity index (χ4v) is 2.60. The van der Waals surface area contributed by atoms with E-state index >= 15 is 0 Å². The average molecular weight is 223 g/mol. The number of guanidine groups is 1. The molecule has 0 aromatic carbocycles. The first kappa shape index (κ1) is 10.5. The van der Waals surface area contributed by atoms with Gasteiger partial charge in [0, 0.05) is 6.54 Å². The Morgan fingerprint density at radius 2 is 2.47 bits per heavy atom. The number of hydrogen-bond acceptors (Lipinski definition) is 4. The van der Waals surface area contributed by atoms with Crippen molar-refractivity contribution in [2.75, 3.05) is 13.1 Å². The van der Waals surface area contributed by atoms with Crippen LogP contribution in [0.5, 0.6) is 0 Å². The summed E-state index contributed by atoms with van der Waals surface area (Å²) in [6.07, 6.45) is 0. The molecule has 2 rings (SSSR count). The highest BCUT2D eigenvalue weighted by Crippen LogP contribution is 2.27. The average Bonchev–Trinajstić information content (AvgIpc) is 2.76. The summed E-state index contributed by atoms with van der Waals surface area (Å²) in [6, 6.07) is 2.52. The van der Waals surface area contributed by atoms with Crippen molar-refractivity contribution in [3.8, 4) is 0 Å². The summed E-state index contributed by atoms with van der Waals surface area (Å²) in [5.74, 6) is 1.30. The van der Waals surface area contributed by atoms with E-state index in [1.807, 2.05) is 0 Å². The molecule has 1 aliphatic rings. The van der Waals surface area contributed by atoms with Gasteiger partial charge in [0.25, 0.3) is 0 Å². The highest BCUT2D eigenvalue weighted by atomic mass is 32.1. The molecule has 0 amide bonds. The van der Waals surface area contributed by atoms with Crippen LogP contribution in [0.15, 0.2) is 21.8 Å². The van der Waals surface area contributed by atoms with E-state index in [0.29, 0.717) is 17.9 Å². The zero-order chi connectivity index (χ0) is 10.8. The van der Waals surface area contributed by atoms with Gasteiger partial charge in [-0.15, -0.1) is 0 Å². The Hall–Kier alpha value is -1.03. The maximum Gasteiger partial charge on any atom is 0.191 e. The van der Waals surface area contributed by atoms with Crippen LogP contribution in [0.2, 0.25) is 0 Å². The largest absolute Gasteiger partial charge is 0.370 e. The molecule has 2 N–H and O–H groups in total. The lowest BCUT2D eigenvalue weighted by Crippen LogP contribution is -2.38. The molecule has 1 unspecified atom stereocenters. The molecule has 1 atom stereocenters. The molecule has 4 heteroatoms. The van der Waals surface area contributed by atoms with E-state index in [1.54, 1.807) is 11.3 Å². The van der Waals surface area contributed by atoms with E-state index in [1.165, 1.54) is 5.56 Å². The smallest absolute Gasteiger partial charge is 0.191 e. The van der Waals surface area contributed by atoms with Gasteiger partial charge in [-0.25, -0.2) is 0 Å². The lowest BCUT2D eigenvalue weighted by Gasteiger charge is -2.27. The minimum Gasteiger partial charge on any atom is -0.370 e. The predicted molar refractivity (Wildman–Crippen MR) is 65.1 cm³/mol. The second-order valence-electron chi connectivity index (χ2n) is 4.32. The monoisotopic (exact) mass is 223 g/mol. The molecule has 1 aromatic heterocycles. The highest BCUT2D eigenvalue weighted by Gasteiger charge is 2.27. The Balaban J connectivity index is 2.14. The molecular weight excluding hydrogens is 206 g/mol. The van der Waals surface area contributed by atoms with Gasteiger partial charge in [0.2, 0.25) is 0 Å². The van der Waals surface area contributed by atoms with Gasteiger partial charge in [0.05, 0.1) is 12.6 Å². The third-order valence-corrected chi connectivity index (χ3v) is 3.29. The summed E-state index contributed by atoms with van der Waals surface area (Å²) in [5, 5.41) is 4.30. The Morgan fingerprint density at radius 1 is 1.67 bits per heavy atom. The van der Waals surface area contributed by atoms with Crippen molar-refractivity contribution < 1.29 is 0 Å². The van der Waals surface area contributed by atoms with Crippen molar-refractivity contribution in [2.45, 2.75) is 19.9 Å². The fourth-order valence-electron chi connectivity index (χ4n) is 1.89. The van der Waals surface area contributed by atoms with Crippen LogP contribution in [-0.2, 0) is 0 Å². The van der Waals surface area contributed by atoms with Crippen LogP contribution in [0.1, 0.15) is 25.5 Å². The molecule has 0 fully saturated rings. The number of nitrogens with two attached hydrogens (primary N) is 1. The molecule has 0 aliphatic carbocycles. The number of nitrogens with zero attached hydrogens (tertiary/aromatic N) is 2. The lowest BCUT2D eigenvalue weighted by molar-refractivity contribution is 0.310. The second kappa shape index (κ2) is 4.23. The number of aliphatic imine (C=N–C) groups is 1. The topological polar surface area (TPSA) is 41.6 Å². The van der Waals surface area contributed by atoms with Crippen molar-refractivity contribution in [3.63, 3.8) is 0 Å². The summed E-state index contributed by atoms with van der Waals surface area (Å²) in [7, 11) is 0. The van der Waals surface area contributed by atoms with E-state index in [9.17, 15) is 0 Å². The first-order valence-electron chi connectivity index (χ1n) is 5.27. The van der Waals surface area contributed by atoms with Crippen LogP contribution in [0.4, 0.5) is 0 Å². The van der Waals surface area contributed by atoms with Gasteiger partial charge in [-0.3, -0.25) is 4.99 Å². The third kappa shape index (κ3) is 2.15. The van der Waals surface area contributed by atoms with E-state index in [2.05, 4.69) is 40.6 Å².